The molecule has 0 aliphatic heterocycles. The van der Waals surface area contributed by atoms with Crippen LogP contribution in [0.25, 0.3) is 0 Å². The van der Waals surface area contributed by atoms with Crippen LogP contribution >= 0.6 is 11.8 Å². The number of thioether (sulfide) groups is 1. The van der Waals surface area contributed by atoms with E-state index in [1.54, 1.807) is 0 Å². The van der Waals surface area contributed by atoms with E-state index in [0.29, 0.717) is 17.8 Å². The van der Waals surface area contributed by atoms with Gasteiger partial charge in [0.25, 0.3) is 0 Å². The number of tetrazole rings is 1. The number of carbonyl (C=O) groups excluding carboxylic acids is 1. The summed E-state index contributed by atoms with van der Waals surface area (Å²) in [6.45, 7) is 2.30. The molecule has 0 bridgehead atoms. The molecule has 3 rings (SSSR count). The van der Waals surface area contributed by atoms with Crippen LogP contribution in [0.15, 0.2) is 5.16 Å². The fraction of sp³-hybridized carbons (Fsp3) is 0.875. The first kappa shape index (κ1) is 16.7. The van der Waals surface area contributed by atoms with Crippen LogP contribution in [0.1, 0.15) is 64.3 Å². The molecule has 0 atom stereocenters. The predicted molar refractivity (Wildman–Crippen MR) is 90.2 cm³/mol. The van der Waals surface area contributed by atoms with Crippen molar-refractivity contribution < 1.29 is 4.79 Å². The summed E-state index contributed by atoms with van der Waals surface area (Å²) >= 11 is 1.48. The lowest BCUT2D eigenvalue weighted by Crippen LogP contribution is -2.40. The lowest BCUT2D eigenvalue weighted by atomic mass is 9.87. The molecule has 1 heterocycles. The van der Waals surface area contributed by atoms with Gasteiger partial charge in [-0.05, 0) is 54.9 Å². The molecule has 0 radical (unpaired) electrons. The maximum Gasteiger partial charge on any atom is 0.233 e. The minimum atomic E-state index is 0.190. The van der Waals surface area contributed by atoms with Crippen molar-refractivity contribution in [1.82, 2.24) is 25.1 Å². The average molecular weight is 337 g/mol. The molecule has 0 saturated heterocycles. The maximum absolute atomic E-state index is 12.5. The summed E-state index contributed by atoms with van der Waals surface area (Å²) in [7, 11) is 1.95. The summed E-state index contributed by atoms with van der Waals surface area (Å²) < 4.78 is 1.92. The second-order valence-corrected chi connectivity index (χ2v) is 7.99. The summed E-state index contributed by atoms with van der Waals surface area (Å²) in [5.74, 6) is 1.42. The van der Waals surface area contributed by atoms with Crippen molar-refractivity contribution in [1.29, 1.82) is 0 Å². The van der Waals surface area contributed by atoms with Gasteiger partial charge in [-0.2, -0.15) is 0 Å². The SMILES string of the molecule is CC1CCC(N(C)C(=O)CSc2nnnn2C2CCCC2)CC1. The van der Waals surface area contributed by atoms with Crippen molar-refractivity contribution in [2.75, 3.05) is 12.8 Å². The number of rotatable bonds is 5. The highest BCUT2D eigenvalue weighted by Gasteiger charge is 2.26. The van der Waals surface area contributed by atoms with Gasteiger partial charge in [-0.25, -0.2) is 4.68 Å². The van der Waals surface area contributed by atoms with Crippen LogP contribution in [0.5, 0.6) is 0 Å². The smallest absolute Gasteiger partial charge is 0.233 e. The third-order valence-corrected chi connectivity index (χ3v) is 6.30. The molecular weight excluding hydrogens is 310 g/mol. The van der Waals surface area contributed by atoms with E-state index >= 15 is 0 Å². The molecular formula is C16H27N5OS. The zero-order valence-corrected chi connectivity index (χ0v) is 15.0. The maximum atomic E-state index is 12.5. The van der Waals surface area contributed by atoms with Crippen molar-refractivity contribution in [3.05, 3.63) is 0 Å². The first-order valence-corrected chi connectivity index (χ1v) is 9.80. The van der Waals surface area contributed by atoms with Crippen LogP contribution < -0.4 is 0 Å². The molecule has 6 nitrogen and oxygen atoms in total. The minimum Gasteiger partial charge on any atom is -0.342 e. The van der Waals surface area contributed by atoms with Gasteiger partial charge in [0.05, 0.1) is 11.8 Å². The van der Waals surface area contributed by atoms with Crippen molar-refractivity contribution in [3.63, 3.8) is 0 Å². The van der Waals surface area contributed by atoms with Crippen LogP contribution in [0.3, 0.4) is 0 Å². The fourth-order valence-electron chi connectivity index (χ4n) is 3.72. The van der Waals surface area contributed by atoms with Gasteiger partial charge >= 0.3 is 0 Å². The Balaban J connectivity index is 1.52. The van der Waals surface area contributed by atoms with Crippen molar-refractivity contribution in [2.45, 2.75) is 75.5 Å². The largest absolute Gasteiger partial charge is 0.342 e. The van der Waals surface area contributed by atoms with Gasteiger partial charge in [-0.15, -0.1) is 5.10 Å². The van der Waals surface area contributed by atoms with E-state index in [2.05, 4.69) is 22.4 Å². The quantitative estimate of drug-likeness (QED) is 0.773. The van der Waals surface area contributed by atoms with Gasteiger partial charge in [0.15, 0.2) is 0 Å². The molecule has 2 fully saturated rings. The van der Waals surface area contributed by atoms with E-state index < -0.39 is 0 Å². The standard InChI is InChI=1S/C16H27N5OS/c1-12-7-9-13(10-8-12)20(2)15(22)11-23-16-17-18-19-21(16)14-5-3-4-6-14/h12-14H,3-11H2,1-2H3. The number of amides is 1. The molecule has 2 aliphatic rings. The van der Waals surface area contributed by atoms with Crippen LogP contribution in [0.2, 0.25) is 0 Å². The molecule has 128 valence electrons. The molecule has 23 heavy (non-hydrogen) atoms. The second-order valence-electron chi connectivity index (χ2n) is 7.05. The number of nitrogens with zero attached hydrogens (tertiary/aromatic N) is 5. The summed E-state index contributed by atoms with van der Waals surface area (Å²) in [6.07, 6.45) is 9.51. The zero-order chi connectivity index (χ0) is 16.2. The van der Waals surface area contributed by atoms with E-state index in [4.69, 9.17) is 0 Å². The highest BCUT2D eigenvalue weighted by Crippen LogP contribution is 2.32. The van der Waals surface area contributed by atoms with E-state index in [0.717, 1.165) is 36.8 Å². The first-order chi connectivity index (χ1) is 11.1. The van der Waals surface area contributed by atoms with E-state index in [-0.39, 0.29) is 5.91 Å². The Hall–Kier alpha value is -1.11. The van der Waals surface area contributed by atoms with Crippen molar-refractivity contribution in [2.24, 2.45) is 5.92 Å². The van der Waals surface area contributed by atoms with Gasteiger partial charge < -0.3 is 4.90 Å². The van der Waals surface area contributed by atoms with Gasteiger partial charge in [0.2, 0.25) is 11.1 Å². The molecule has 2 saturated carbocycles. The van der Waals surface area contributed by atoms with Crippen LogP contribution in [0, 0.1) is 5.92 Å². The highest BCUT2D eigenvalue weighted by molar-refractivity contribution is 7.99. The van der Waals surface area contributed by atoms with Crippen LogP contribution in [0.4, 0.5) is 0 Å². The Kier molecular flexibility index (Phi) is 5.56. The fourth-order valence-corrected chi connectivity index (χ4v) is 4.59. The molecule has 1 amide bonds. The lowest BCUT2D eigenvalue weighted by Gasteiger charge is -2.33. The number of hydrogen-bond donors (Lipinski definition) is 0. The Morgan fingerprint density at radius 1 is 1.22 bits per heavy atom. The van der Waals surface area contributed by atoms with E-state index in [1.165, 1.54) is 37.4 Å². The molecule has 0 spiro atoms. The average Bonchev–Trinajstić information content (AvgIpc) is 3.23. The van der Waals surface area contributed by atoms with E-state index in [9.17, 15) is 4.79 Å². The monoisotopic (exact) mass is 337 g/mol. The van der Waals surface area contributed by atoms with Gasteiger partial charge in [-0.3, -0.25) is 4.79 Å². The Labute approximate surface area is 142 Å². The number of carbonyl (C=O) groups is 1. The van der Waals surface area contributed by atoms with Gasteiger partial charge in [0.1, 0.15) is 0 Å². The Morgan fingerprint density at radius 2 is 1.91 bits per heavy atom. The van der Waals surface area contributed by atoms with Gasteiger partial charge in [0, 0.05) is 13.1 Å². The van der Waals surface area contributed by atoms with Crippen LogP contribution in [-0.2, 0) is 4.79 Å². The van der Waals surface area contributed by atoms with E-state index in [1.807, 2.05) is 16.6 Å². The molecule has 0 N–H and O–H groups in total. The summed E-state index contributed by atoms with van der Waals surface area (Å²) in [5.41, 5.74) is 0. The molecule has 0 aromatic carbocycles. The third-order valence-electron chi connectivity index (χ3n) is 5.38. The zero-order valence-electron chi connectivity index (χ0n) is 14.1. The molecule has 2 aliphatic carbocycles. The van der Waals surface area contributed by atoms with Gasteiger partial charge in [-0.1, -0.05) is 31.5 Å². The normalized spacial score (nSPS) is 25.7. The third kappa shape index (κ3) is 4.05. The van der Waals surface area contributed by atoms with Crippen LogP contribution in [-0.4, -0.2) is 49.9 Å². The molecule has 1 aromatic heterocycles. The Bertz CT molecular complexity index is 520. The molecule has 0 unspecified atom stereocenters. The molecule has 7 heteroatoms. The lowest BCUT2D eigenvalue weighted by molar-refractivity contribution is -0.129. The number of hydrogen-bond acceptors (Lipinski definition) is 5. The first-order valence-electron chi connectivity index (χ1n) is 8.81. The van der Waals surface area contributed by atoms with Crippen molar-refractivity contribution in [3.8, 4) is 0 Å². The minimum absolute atomic E-state index is 0.190. The Morgan fingerprint density at radius 3 is 2.61 bits per heavy atom. The highest BCUT2D eigenvalue weighted by atomic mass is 32.2. The molecule has 1 aromatic rings. The summed E-state index contributed by atoms with van der Waals surface area (Å²) in [6, 6.07) is 0.824. The second kappa shape index (κ2) is 7.64. The summed E-state index contributed by atoms with van der Waals surface area (Å²) in [5, 5.41) is 12.8. The topological polar surface area (TPSA) is 63.9 Å². The predicted octanol–water partition coefficient (Wildman–Crippen LogP) is 2.92. The number of aromatic nitrogens is 4. The summed E-state index contributed by atoms with van der Waals surface area (Å²) in [4.78, 5) is 14.4. The van der Waals surface area contributed by atoms with Crippen molar-refractivity contribution >= 4 is 17.7 Å².